The number of carbonyl (C=O) groups is 1. The minimum absolute atomic E-state index is 0.0284. The fraction of sp³-hybridized carbons (Fsp3) is 0.200. The maximum atomic E-state index is 13.0. The lowest BCUT2D eigenvalue weighted by atomic mass is 10.1. The number of alkyl halides is 3. The van der Waals surface area contributed by atoms with Crippen LogP contribution in [0.4, 0.5) is 29.3 Å². The summed E-state index contributed by atoms with van der Waals surface area (Å²) in [6.45, 7) is 1.73. The third-order valence-electron chi connectivity index (χ3n) is 3.11. The predicted octanol–water partition coefficient (Wildman–Crippen LogP) is 3.92. The molecule has 0 unspecified atom stereocenters. The number of aromatic nitrogens is 1. The number of aryl methyl sites for hydroxylation is 1. The SMILES string of the molecule is Cc1cc(Nc2ccccc2C(F)(F)F)cnc1CNC(=O)O. The summed E-state index contributed by atoms with van der Waals surface area (Å²) in [6, 6.07) is 6.76. The lowest BCUT2D eigenvalue weighted by Crippen LogP contribution is -2.21. The van der Waals surface area contributed by atoms with Crippen LogP contribution in [0, 0.1) is 6.92 Å². The van der Waals surface area contributed by atoms with E-state index in [9.17, 15) is 18.0 Å². The third-order valence-corrected chi connectivity index (χ3v) is 3.11. The van der Waals surface area contributed by atoms with Gasteiger partial charge < -0.3 is 15.7 Å². The number of hydrogen-bond donors (Lipinski definition) is 3. The quantitative estimate of drug-likeness (QED) is 0.796. The second-order valence-corrected chi connectivity index (χ2v) is 4.81. The molecule has 0 spiro atoms. The van der Waals surface area contributed by atoms with Gasteiger partial charge in [-0.15, -0.1) is 0 Å². The summed E-state index contributed by atoms with van der Waals surface area (Å²) in [5.74, 6) is 0. The van der Waals surface area contributed by atoms with Crippen LogP contribution < -0.4 is 10.6 Å². The smallest absolute Gasteiger partial charge is 0.418 e. The Morgan fingerprint density at radius 1 is 1.30 bits per heavy atom. The summed E-state index contributed by atoms with van der Waals surface area (Å²) < 4.78 is 38.9. The number of pyridine rings is 1. The number of amides is 1. The number of halogens is 3. The Kier molecular flexibility index (Phi) is 4.73. The van der Waals surface area contributed by atoms with Crippen molar-refractivity contribution < 1.29 is 23.1 Å². The Balaban J connectivity index is 2.22. The molecule has 0 radical (unpaired) electrons. The summed E-state index contributed by atoms with van der Waals surface area (Å²) in [6.07, 6.45) is -4.27. The Labute approximate surface area is 130 Å². The molecular weight excluding hydrogens is 311 g/mol. The van der Waals surface area contributed by atoms with E-state index in [-0.39, 0.29) is 12.2 Å². The first-order valence-corrected chi connectivity index (χ1v) is 6.63. The van der Waals surface area contributed by atoms with Crippen molar-refractivity contribution in [2.45, 2.75) is 19.6 Å². The van der Waals surface area contributed by atoms with Crippen LogP contribution in [-0.2, 0) is 12.7 Å². The van der Waals surface area contributed by atoms with Crippen LogP contribution in [0.3, 0.4) is 0 Å². The molecule has 3 N–H and O–H groups in total. The topological polar surface area (TPSA) is 74.2 Å². The number of para-hydroxylation sites is 1. The minimum atomic E-state index is -4.46. The highest BCUT2D eigenvalue weighted by atomic mass is 19.4. The third kappa shape index (κ3) is 4.35. The highest BCUT2D eigenvalue weighted by Gasteiger charge is 2.33. The number of rotatable bonds is 4. The molecule has 0 bridgehead atoms. The largest absolute Gasteiger partial charge is 0.465 e. The van der Waals surface area contributed by atoms with Crippen molar-refractivity contribution in [3.8, 4) is 0 Å². The summed E-state index contributed by atoms with van der Waals surface area (Å²) in [4.78, 5) is 14.5. The molecule has 1 aromatic heterocycles. The fourth-order valence-corrected chi connectivity index (χ4v) is 2.01. The molecule has 5 nitrogen and oxygen atoms in total. The standard InChI is InChI=1S/C15H14F3N3O2/c1-9-6-10(7-19-13(9)8-20-14(22)23)21-12-5-3-2-4-11(12)15(16,17)18/h2-7,20-21H,8H2,1H3,(H,22,23). The average Bonchev–Trinajstić information content (AvgIpc) is 2.45. The molecule has 2 aromatic rings. The molecule has 8 heteroatoms. The van der Waals surface area contributed by atoms with Gasteiger partial charge in [0, 0.05) is 0 Å². The van der Waals surface area contributed by atoms with E-state index < -0.39 is 17.8 Å². The van der Waals surface area contributed by atoms with Crippen LogP contribution in [0.1, 0.15) is 16.8 Å². The zero-order chi connectivity index (χ0) is 17.0. The zero-order valence-electron chi connectivity index (χ0n) is 12.1. The van der Waals surface area contributed by atoms with Gasteiger partial charge in [0.25, 0.3) is 0 Å². The molecule has 0 saturated carbocycles. The molecule has 0 fully saturated rings. The lowest BCUT2D eigenvalue weighted by Gasteiger charge is -2.15. The van der Waals surface area contributed by atoms with Crippen LogP contribution >= 0.6 is 0 Å². The first kappa shape index (κ1) is 16.6. The maximum Gasteiger partial charge on any atom is 0.418 e. The van der Waals surface area contributed by atoms with Crippen molar-refractivity contribution in [3.05, 3.63) is 53.3 Å². The van der Waals surface area contributed by atoms with Gasteiger partial charge in [-0.2, -0.15) is 13.2 Å². The molecule has 0 aliphatic rings. The molecule has 0 atom stereocenters. The second kappa shape index (κ2) is 6.55. The summed E-state index contributed by atoms with van der Waals surface area (Å²) >= 11 is 0. The number of hydrogen-bond acceptors (Lipinski definition) is 3. The van der Waals surface area contributed by atoms with Crippen LogP contribution in [0.25, 0.3) is 0 Å². The van der Waals surface area contributed by atoms with Crippen molar-refractivity contribution in [3.63, 3.8) is 0 Å². The Morgan fingerprint density at radius 3 is 2.61 bits per heavy atom. The van der Waals surface area contributed by atoms with Crippen LogP contribution in [0.15, 0.2) is 36.5 Å². The first-order chi connectivity index (χ1) is 10.8. The lowest BCUT2D eigenvalue weighted by molar-refractivity contribution is -0.136. The van der Waals surface area contributed by atoms with E-state index in [1.807, 2.05) is 0 Å². The highest BCUT2D eigenvalue weighted by molar-refractivity contribution is 5.65. The highest BCUT2D eigenvalue weighted by Crippen LogP contribution is 2.35. The number of benzene rings is 1. The van der Waals surface area contributed by atoms with Crippen molar-refractivity contribution in [1.82, 2.24) is 10.3 Å². The molecule has 1 amide bonds. The summed E-state index contributed by atoms with van der Waals surface area (Å²) in [5.41, 5.74) is 0.709. The Hall–Kier alpha value is -2.77. The number of nitrogens with zero attached hydrogens (tertiary/aromatic N) is 1. The van der Waals surface area contributed by atoms with Crippen molar-refractivity contribution in [2.24, 2.45) is 0 Å². The molecule has 23 heavy (non-hydrogen) atoms. The minimum Gasteiger partial charge on any atom is -0.465 e. The van der Waals surface area contributed by atoms with E-state index in [0.717, 1.165) is 6.07 Å². The van der Waals surface area contributed by atoms with E-state index in [2.05, 4.69) is 15.6 Å². The average molecular weight is 325 g/mol. The number of carboxylic acid groups (broad SMARTS) is 1. The van der Waals surface area contributed by atoms with Crippen LogP contribution in [0.2, 0.25) is 0 Å². The van der Waals surface area contributed by atoms with E-state index in [1.165, 1.54) is 24.4 Å². The molecule has 2 rings (SSSR count). The maximum absolute atomic E-state index is 13.0. The molecule has 0 saturated heterocycles. The summed E-state index contributed by atoms with van der Waals surface area (Å²) in [7, 11) is 0. The van der Waals surface area contributed by atoms with Gasteiger partial charge in [-0.1, -0.05) is 12.1 Å². The van der Waals surface area contributed by atoms with E-state index >= 15 is 0 Å². The summed E-state index contributed by atoms with van der Waals surface area (Å²) in [5, 5.41) is 13.4. The van der Waals surface area contributed by atoms with Gasteiger partial charge in [-0.3, -0.25) is 4.98 Å². The fourth-order valence-electron chi connectivity index (χ4n) is 2.01. The van der Waals surface area contributed by atoms with Gasteiger partial charge >= 0.3 is 12.3 Å². The molecular formula is C15H14F3N3O2. The number of anilines is 2. The van der Waals surface area contributed by atoms with Crippen molar-refractivity contribution >= 4 is 17.5 Å². The monoisotopic (exact) mass is 325 g/mol. The molecule has 0 aliphatic carbocycles. The van der Waals surface area contributed by atoms with Gasteiger partial charge in [-0.05, 0) is 30.7 Å². The Morgan fingerprint density at radius 2 is 2.00 bits per heavy atom. The molecule has 0 aliphatic heterocycles. The van der Waals surface area contributed by atoms with E-state index in [0.29, 0.717) is 16.9 Å². The zero-order valence-corrected chi connectivity index (χ0v) is 12.1. The van der Waals surface area contributed by atoms with Crippen molar-refractivity contribution in [2.75, 3.05) is 5.32 Å². The molecule has 122 valence electrons. The second-order valence-electron chi connectivity index (χ2n) is 4.81. The van der Waals surface area contributed by atoms with Crippen molar-refractivity contribution in [1.29, 1.82) is 0 Å². The molecule has 1 heterocycles. The normalized spacial score (nSPS) is 11.1. The van der Waals surface area contributed by atoms with E-state index in [1.54, 1.807) is 13.0 Å². The van der Waals surface area contributed by atoms with Gasteiger partial charge in [0.15, 0.2) is 0 Å². The molecule has 1 aromatic carbocycles. The number of nitrogens with one attached hydrogen (secondary N) is 2. The van der Waals surface area contributed by atoms with Gasteiger partial charge in [0.2, 0.25) is 0 Å². The van der Waals surface area contributed by atoms with Gasteiger partial charge in [0.05, 0.1) is 35.4 Å². The van der Waals surface area contributed by atoms with Crippen LogP contribution in [0.5, 0.6) is 0 Å². The van der Waals surface area contributed by atoms with Gasteiger partial charge in [0.1, 0.15) is 0 Å². The van der Waals surface area contributed by atoms with Gasteiger partial charge in [-0.25, -0.2) is 4.79 Å². The van der Waals surface area contributed by atoms with E-state index in [4.69, 9.17) is 5.11 Å². The first-order valence-electron chi connectivity index (χ1n) is 6.63. The Bertz CT molecular complexity index is 717. The predicted molar refractivity (Wildman–Crippen MR) is 78.6 cm³/mol. The van der Waals surface area contributed by atoms with Crippen LogP contribution in [-0.4, -0.2) is 16.2 Å².